The fraction of sp³-hybridized carbons (Fsp3) is 0.588. The number of amides is 2. The van der Waals surface area contributed by atoms with Gasteiger partial charge in [-0.1, -0.05) is 24.3 Å². The average molecular weight is 307 g/mol. The second-order valence-corrected chi connectivity index (χ2v) is 6.02. The first-order valence-corrected chi connectivity index (χ1v) is 7.87. The van der Waals surface area contributed by atoms with Gasteiger partial charge in [0.25, 0.3) is 0 Å². The topological polar surface area (TPSA) is 64.6 Å². The van der Waals surface area contributed by atoms with Gasteiger partial charge in [-0.3, -0.25) is 4.90 Å². The molecule has 5 heteroatoms. The number of benzene rings is 1. The van der Waals surface area contributed by atoms with Crippen molar-refractivity contribution in [2.24, 2.45) is 0 Å². The highest BCUT2D eigenvalue weighted by atomic mass is 16.3. The van der Waals surface area contributed by atoms with Crippen LogP contribution in [0.3, 0.4) is 0 Å². The van der Waals surface area contributed by atoms with E-state index in [4.69, 9.17) is 5.11 Å². The lowest BCUT2D eigenvalue weighted by molar-refractivity contribution is 0.183. The molecule has 0 spiro atoms. The Balaban J connectivity index is 2.50. The molecule has 1 unspecified atom stereocenters. The molecule has 0 fully saturated rings. The van der Waals surface area contributed by atoms with E-state index in [1.165, 1.54) is 5.56 Å². The van der Waals surface area contributed by atoms with Gasteiger partial charge in [0.1, 0.15) is 0 Å². The number of nitrogens with one attached hydrogen (secondary N) is 2. The summed E-state index contributed by atoms with van der Waals surface area (Å²) in [6.07, 6.45) is 0.163. The van der Waals surface area contributed by atoms with Crippen LogP contribution in [0.2, 0.25) is 0 Å². The van der Waals surface area contributed by atoms with Gasteiger partial charge in [-0.05, 0) is 45.4 Å². The summed E-state index contributed by atoms with van der Waals surface area (Å²) >= 11 is 0. The lowest BCUT2D eigenvalue weighted by atomic mass is 10.1. The molecule has 1 aromatic rings. The van der Waals surface area contributed by atoms with Crippen molar-refractivity contribution in [3.05, 3.63) is 35.4 Å². The Morgan fingerprint density at radius 3 is 2.41 bits per heavy atom. The normalized spacial score (nSPS) is 12.5. The van der Waals surface area contributed by atoms with E-state index in [1.807, 2.05) is 18.2 Å². The third kappa shape index (κ3) is 6.91. The molecule has 3 N–H and O–H groups in total. The zero-order valence-electron chi connectivity index (χ0n) is 14.1. The highest BCUT2D eigenvalue weighted by Gasteiger charge is 2.09. The molecular formula is C17H29N3O2. The lowest BCUT2D eigenvalue weighted by Gasteiger charge is -2.22. The van der Waals surface area contributed by atoms with Gasteiger partial charge in [-0.15, -0.1) is 0 Å². The van der Waals surface area contributed by atoms with Crippen LogP contribution in [0.25, 0.3) is 0 Å². The Bertz CT molecular complexity index is 461. The summed E-state index contributed by atoms with van der Waals surface area (Å²) in [5.74, 6) is 0. The average Bonchev–Trinajstić information content (AvgIpc) is 2.45. The van der Waals surface area contributed by atoms with E-state index in [2.05, 4.69) is 42.5 Å². The number of rotatable bonds is 8. The SMILES string of the molecule is CC(O)CCNC(=O)NCc1ccccc1CN(C)C(C)C. The number of carbonyl (C=O) groups is 1. The molecule has 0 radical (unpaired) electrons. The molecule has 2 amide bonds. The number of aliphatic hydroxyl groups excluding tert-OH is 1. The Morgan fingerprint density at radius 2 is 1.82 bits per heavy atom. The molecule has 22 heavy (non-hydrogen) atoms. The van der Waals surface area contributed by atoms with Crippen molar-refractivity contribution in [2.75, 3.05) is 13.6 Å². The predicted octanol–water partition coefficient (Wildman–Crippen LogP) is 2.10. The number of nitrogens with zero attached hydrogens (tertiary/aromatic N) is 1. The minimum absolute atomic E-state index is 0.201. The molecule has 0 heterocycles. The predicted molar refractivity (Wildman–Crippen MR) is 89.6 cm³/mol. The van der Waals surface area contributed by atoms with E-state index in [1.54, 1.807) is 6.92 Å². The highest BCUT2D eigenvalue weighted by molar-refractivity contribution is 5.73. The van der Waals surface area contributed by atoms with E-state index < -0.39 is 6.10 Å². The van der Waals surface area contributed by atoms with E-state index in [9.17, 15) is 4.79 Å². The quantitative estimate of drug-likeness (QED) is 0.689. The molecule has 0 aliphatic rings. The van der Waals surface area contributed by atoms with Gasteiger partial charge in [0, 0.05) is 25.7 Å². The zero-order valence-corrected chi connectivity index (χ0v) is 14.1. The maximum absolute atomic E-state index is 11.7. The highest BCUT2D eigenvalue weighted by Crippen LogP contribution is 2.12. The number of urea groups is 1. The van der Waals surface area contributed by atoms with E-state index in [0.29, 0.717) is 25.6 Å². The molecular weight excluding hydrogens is 278 g/mol. The Labute approximate surface area is 133 Å². The largest absolute Gasteiger partial charge is 0.393 e. The van der Waals surface area contributed by atoms with E-state index in [0.717, 1.165) is 12.1 Å². The fourth-order valence-electron chi connectivity index (χ4n) is 1.97. The molecule has 1 atom stereocenters. The van der Waals surface area contributed by atoms with Gasteiger partial charge in [0.15, 0.2) is 0 Å². The molecule has 0 aliphatic carbocycles. The fourth-order valence-corrected chi connectivity index (χ4v) is 1.97. The van der Waals surface area contributed by atoms with Crippen LogP contribution in [0.1, 0.15) is 38.3 Å². The van der Waals surface area contributed by atoms with Gasteiger partial charge in [0.05, 0.1) is 6.10 Å². The Morgan fingerprint density at radius 1 is 1.18 bits per heavy atom. The van der Waals surface area contributed by atoms with Crippen molar-refractivity contribution in [3.63, 3.8) is 0 Å². The summed E-state index contributed by atoms with van der Waals surface area (Å²) in [5, 5.41) is 14.8. The number of carbonyl (C=O) groups excluding carboxylic acids is 1. The minimum Gasteiger partial charge on any atom is -0.393 e. The van der Waals surface area contributed by atoms with Crippen LogP contribution in [0, 0.1) is 0 Å². The second-order valence-electron chi connectivity index (χ2n) is 6.02. The molecule has 0 aliphatic heterocycles. The summed E-state index contributed by atoms with van der Waals surface area (Å²) < 4.78 is 0. The first-order chi connectivity index (χ1) is 10.4. The summed E-state index contributed by atoms with van der Waals surface area (Å²) in [7, 11) is 2.09. The van der Waals surface area contributed by atoms with Crippen molar-refractivity contribution in [3.8, 4) is 0 Å². The molecule has 124 valence electrons. The monoisotopic (exact) mass is 307 g/mol. The number of hydrogen-bond donors (Lipinski definition) is 3. The first-order valence-electron chi connectivity index (χ1n) is 7.87. The minimum atomic E-state index is -0.396. The molecule has 0 aromatic heterocycles. The Kier molecular flexibility index (Phi) is 7.91. The molecule has 0 saturated carbocycles. The van der Waals surface area contributed by atoms with E-state index in [-0.39, 0.29) is 6.03 Å². The molecule has 1 aromatic carbocycles. The Hall–Kier alpha value is -1.59. The number of aliphatic hydroxyl groups is 1. The summed E-state index contributed by atoms with van der Waals surface area (Å²) in [5.41, 5.74) is 2.35. The van der Waals surface area contributed by atoms with Gasteiger partial charge in [0.2, 0.25) is 0 Å². The van der Waals surface area contributed by atoms with Gasteiger partial charge < -0.3 is 15.7 Å². The van der Waals surface area contributed by atoms with Crippen LogP contribution >= 0.6 is 0 Å². The third-order valence-electron chi connectivity index (χ3n) is 3.71. The van der Waals surface area contributed by atoms with Crippen LogP contribution in [0.15, 0.2) is 24.3 Å². The molecule has 5 nitrogen and oxygen atoms in total. The third-order valence-corrected chi connectivity index (χ3v) is 3.71. The van der Waals surface area contributed by atoms with Crippen molar-refractivity contribution in [2.45, 2.75) is 52.4 Å². The molecule has 1 rings (SSSR count). The van der Waals surface area contributed by atoms with Crippen LogP contribution in [0.5, 0.6) is 0 Å². The standard InChI is InChI=1S/C17H29N3O2/c1-13(2)20(4)12-16-8-6-5-7-15(16)11-19-17(22)18-10-9-14(3)21/h5-8,13-14,21H,9-12H2,1-4H3,(H2,18,19,22). The van der Waals surface area contributed by atoms with Crippen molar-refractivity contribution in [1.82, 2.24) is 15.5 Å². The second kappa shape index (κ2) is 9.43. The molecule has 0 bridgehead atoms. The summed E-state index contributed by atoms with van der Waals surface area (Å²) in [6, 6.07) is 8.43. The van der Waals surface area contributed by atoms with Gasteiger partial charge >= 0.3 is 6.03 Å². The molecule has 0 saturated heterocycles. The van der Waals surface area contributed by atoms with Gasteiger partial charge in [-0.25, -0.2) is 4.79 Å². The van der Waals surface area contributed by atoms with Crippen LogP contribution in [-0.2, 0) is 13.1 Å². The maximum atomic E-state index is 11.7. The van der Waals surface area contributed by atoms with Gasteiger partial charge in [-0.2, -0.15) is 0 Å². The lowest BCUT2D eigenvalue weighted by Crippen LogP contribution is -2.36. The summed E-state index contributed by atoms with van der Waals surface area (Å²) in [4.78, 5) is 14.0. The van der Waals surface area contributed by atoms with Crippen molar-refractivity contribution in [1.29, 1.82) is 0 Å². The van der Waals surface area contributed by atoms with Crippen LogP contribution in [0.4, 0.5) is 4.79 Å². The summed E-state index contributed by atoms with van der Waals surface area (Å²) in [6.45, 7) is 7.87. The maximum Gasteiger partial charge on any atom is 0.315 e. The zero-order chi connectivity index (χ0) is 16.5. The van der Waals surface area contributed by atoms with Crippen LogP contribution in [-0.4, -0.2) is 41.8 Å². The number of hydrogen-bond acceptors (Lipinski definition) is 3. The first kappa shape index (κ1) is 18.5. The van der Waals surface area contributed by atoms with E-state index >= 15 is 0 Å². The van der Waals surface area contributed by atoms with Crippen molar-refractivity contribution < 1.29 is 9.90 Å². The van der Waals surface area contributed by atoms with Crippen LogP contribution < -0.4 is 10.6 Å². The smallest absolute Gasteiger partial charge is 0.315 e. The van der Waals surface area contributed by atoms with Crippen molar-refractivity contribution >= 4 is 6.03 Å².